The van der Waals surface area contributed by atoms with Crippen molar-refractivity contribution >= 4 is 17.9 Å². The van der Waals surface area contributed by atoms with Gasteiger partial charge in [0.1, 0.15) is 11.4 Å². The predicted octanol–water partition coefficient (Wildman–Crippen LogP) is 2.66. The van der Waals surface area contributed by atoms with Crippen LogP contribution in [-0.4, -0.2) is 72.6 Å². The van der Waals surface area contributed by atoms with Crippen molar-refractivity contribution in [3.05, 3.63) is 29.3 Å². The Morgan fingerprint density at radius 3 is 2.26 bits per heavy atom. The number of ether oxygens (including phenoxy) is 2. The van der Waals surface area contributed by atoms with Crippen molar-refractivity contribution in [3.63, 3.8) is 0 Å². The molecule has 0 aromatic heterocycles. The molecule has 1 saturated heterocycles. The number of nitrogens with one attached hydrogen (secondary N) is 1. The van der Waals surface area contributed by atoms with Gasteiger partial charge in [-0.25, -0.2) is 4.79 Å². The summed E-state index contributed by atoms with van der Waals surface area (Å²) in [6, 6.07) is 5.86. The lowest BCUT2D eigenvalue weighted by Gasteiger charge is -2.23. The van der Waals surface area contributed by atoms with E-state index in [1.165, 1.54) is 0 Å². The number of hydrogen-bond donors (Lipinski definition) is 1. The Kier molecular flexibility index (Phi) is 8.71. The smallest absolute Gasteiger partial charge is 0.407 e. The lowest BCUT2D eigenvalue weighted by Crippen LogP contribution is -2.40. The molecular formula is C23H35N3O5. The van der Waals surface area contributed by atoms with Gasteiger partial charge in [0.25, 0.3) is 5.91 Å². The first-order valence-corrected chi connectivity index (χ1v) is 10.8. The van der Waals surface area contributed by atoms with Gasteiger partial charge in [-0.15, -0.1) is 0 Å². The van der Waals surface area contributed by atoms with Crippen LogP contribution in [0.2, 0.25) is 0 Å². The van der Waals surface area contributed by atoms with Crippen molar-refractivity contribution in [2.45, 2.75) is 53.1 Å². The van der Waals surface area contributed by atoms with Crippen LogP contribution in [0.5, 0.6) is 5.75 Å². The molecule has 0 aliphatic carbocycles. The third kappa shape index (κ3) is 8.47. The van der Waals surface area contributed by atoms with Gasteiger partial charge in [0.15, 0.2) is 6.61 Å². The Bertz CT molecular complexity index is 788. The molecule has 0 spiro atoms. The molecule has 8 nitrogen and oxygen atoms in total. The van der Waals surface area contributed by atoms with Gasteiger partial charge in [-0.2, -0.15) is 0 Å². The van der Waals surface area contributed by atoms with Crippen LogP contribution >= 0.6 is 0 Å². The molecule has 0 bridgehead atoms. The van der Waals surface area contributed by atoms with Crippen LogP contribution in [0, 0.1) is 13.8 Å². The minimum absolute atomic E-state index is 0.0162. The van der Waals surface area contributed by atoms with Crippen molar-refractivity contribution in [2.75, 3.05) is 39.3 Å². The van der Waals surface area contributed by atoms with Crippen molar-refractivity contribution in [1.29, 1.82) is 0 Å². The summed E-state index contributed by atoms with van der Waals surface area (Å²) in [5.41, 5.74) is 1.58. The highest BCUT2D eigenvalue weighted by Crippen LogP contribution is 2.19. The largest absolute Gasteiger partial charge is 0.484 e. The quantitative estimate of drug-likeness (QED) is 0.745. The van der Waals surface area contributed by atoms with E-state index in [0.29, 0.717) is 38.3 Å². The molecule has 0 unspecified atom stereocenters. The molecule has 1 aromatic rings. The molecule has 0 atom stereocenters. The fourth-order valence-corrected chi connectivity index (χ4v) is 3.35. The summed E-state index contributed by atoms with van der Waals surface area (Å²) in [7, 11) is 0. The summed E-state index contributed by atoms with van der Waals surface area (Å²) in [5, 5.41) is 2.60. The Morgan fingerprint density at radius 1 is 1.00 bits per heavy atom. The Balaban J connectivity index is 1.74. The molecule has 1 heterocycles. The van der Waals surface area contributed by atoms with Crippen molar-refractivity contribution < 1.29 is 23.9 Å². The normalized spacial score (nSPS) is 14.6. The van der Waals surface area contributed by atoms with E-state index in [2.05, 4.69) is 5.32 Å². The predicted molar refractivity (Wildman–Crippen MR) is 118 cm³/mol. The van der Waals surface area contributed by atoms with E-state index >= 15 is 0 Å². The van der Waals surface area contributed by atoms with Gasteiger partial charge in [0, 0.05) is 39.1 Å². The van der Waals surface area contributed by atoms with Crippen LogP contribution in [0.3, 0.4) is 0 Å². The fraction of sp³-hybridized carbons (Fsp3) is 0.609. The maximum absolute atomic E-state index is 12.6. The van der Waals surface area contributed by atoms with Crippen LogP contribution in [0.25, 0.3) is 0 Å². The maximum Gasteiger partial charge on any atom is 0.407 e. The van der Waals surface area contributed by atoms with E-state index in [1.54, 1.807) is 30.6 Å². The highest BCUT2D eigenvalue weighted by Gasteiger charge is 2.23. The van der Waals surface area contributed by atoms with E-state index < -0.39 is 11.7 Å². The van der Waals surface area contributed by atoms with Gasteiger partial charge < -0.3 is 24.6 Å². The molecular weight excluding hydrogens is 398 g/mol. The number of carbonyl (C=O) groups excluding carboxylic acids is 3. The number of aryl methyl sites for hydroxylation is 2. The molecule has 31 heavy (non-hydrogen) atoms. The molecule has 1 fully saturated rings. The number of nitrogens with zero attached hydrogens (tertiary/aromatic N) is 2. The molecule has 8 heteroatoms. The average Bonchev–Trinajstić information content (AvgIpc) is 2.92. The van der Waals surface area contributed by atoms with Crippen molar-refractivity contribution in [2.24, 2.45) is 0 Å². The minimum Gasteiger partial charge on any atom is -0.484 e. The van der Waals surface area contributed by atoms with E-state index in [4.69, 9.17) is 9.47 Å². The molecule has 3 amide bonds. The summed E-state index contributed by atoms with van der Waals surface area (Å²) >= 11 is 0. The zero-order valence-corrected chi connectivity index (χ0v) is 19.3. The highest BCUT2D eigenvalue weighted by atomic mass is 16.6. The number of benzene rings is 1. The number of amides is 3. The van der Waals surface area contributed by atoms with Gasteiger partial charge in [-0.3, -0.25) is 9.59 Å². The van der Waals surface area contributed by atoms with Gasteiger partial charge in [-0.05, 0) is 52.7 Å². The van der Waals surface area contributed by atoms with Crippen LogP contribution in [0.4, 0.5) is 4.79 Å². The molecule has 0 saturated carbocycles. The van der Waals surface area contributed by atoms with Crippen LogP contribution in [0.15, 0.2) is 18.2 Å². The van der Waals surface area contributed by atoms with Gasteiger partial charge >= 0.3 is 6.09 Å². The van der Waals surface area contributed by atoms with Crippen molar-refractivity contribution in [1.82, 2.24) is 15.1 Å². The van der Waals surface area contributed by atoms with E-state index in [9.17, 15) is 14.4 Å². The summed E-state index contributed by atoms with van der Waals surface area (Å²) in [6.45, 7) is 11.7. The third-order valence-electron chi connectivity index (χ3n) is 4.89. The molecule has 2 rings (SSSR count). The third-order valence-corrected chi connectivity index (χ3v) is 4.89. The standard InChI is InChI=1S/C23H35N3O5/c1-17-7-8-19(18(2)15-17)30-16-21(28)26-12-6-11-25(13-14-26)20(27)9-10-24-22(29)31-23(3,4)5/h7-8,15H,6,9-14,16H2,1-5H3,(H,24,29). The van der Waals surface area contributed by atoms with E-state index in [-0.39, 0.29) is 31.4 Å². The molecule has 1 aromatic carbocycles. The second-order valence-corrected chi connectivity index (χ2v) is 8.85. The first kappa shape index (κ1) is 24.5. The number of alkyl carbamates (subject to hydrolysis) is 1. The highest BCUT2D eigenvalue weighted by molar-refractivity contribution is 5.79. The Hall–Kier alpha value is -2.77. The zero-order chi connectivity index (χ0) is 23.0. The van der Waals surface area contributed by atoms with Crippen LogP contribution < -0.4 is 10.1 Å². The van der Waals surface area contributed by atoms with Crippen LogP contribution in [-0.2, 0) is 14.3 Å². The summed E-state index contributed by atoms with van der Waals surface area (Å²) in [4.78, 5) is 40.2. The van der Waals surface area contributed by atoms with Crippen LogP contribution in [0.1, 0.15) is 44.7 Å². The molecule has 0 radical (unpaired) electrons. The summed E-state index contributed by atoms with van der Waals surface area (Å²) < 4.78 is 10.9. The monoisotopic (exact) mass is 433 g/mol. The summed E-state index contributed by atoms with van der Waals surface area (Å²) in [5.74, 6) is 0.584. The Labute approximate surface area is 184 Å². The zero-order valence-electron chi connectivity index (χ0n) is 19.3. The van der Waals surface area contributed by atoms with Gasteiger partial charge in [-0.1, -0.05) is 17.7 Å². The second kappa shape index (κ2) is 11.0. The van der Waals surface area contributed by atoms with E-state index in [1.807, 2.05) is 32.0 Å². The number of hydrogen-bond acceptors (Lipinski definition) is 5. The molecule has 1 aliphatic rings. The lowest BCUT2D eigenvalue weighted by atomic mass is 10.1. The maximum atomic E-state index is 12.6. The van der Waals surface area contributed by atoms with Gasteiger partial charge in [0.2, 0.25) is 5.91 Å². The second-order valence-electron chi connectivity index (χ2n) is 8.85. The van der Waals surface area contributed by atoms with E-state index in [0.717, 1.165) is 11.1 Å². The SMILES string of the molecule is Cc1ccc(OCC(=O)N2CCCN(C(=O)CCNC(=O)OC(C)(C)C)CC2)c(C)c1. The lowest BCUT2D eigenvalue weighted by molar-refractivity contribution is -0.134. The molecule has 1 aliphatic heterocycles. The average molecular weight is 434 g/mol. The number of rotatable bonds is 6. The summed E-state index contributed by atoms with van der Waals surface area (Å²) in [6.07, 6.45) is 0.375. The molecule has 1 N–H and O–H groups in total. The topological polar surface area (TPSA) is 88.2 Å². The first-order valence-electron chi connectivity index (χ1n) is 10.8. The first-order chi connectivity index (χ1) is 14.5. The van der Waals surface area contributed by atoms with Crippen molar-refractivity contribution in [3.8, 4) is 5.75 Å². The number of carbonyl (C=O) groups is 3. The Morgan fingerprint density at radius 2 is 1.65 bits per heavy atom. The molecule has 172 valence electrons. The van der Waals surface area contributed by atoms with Gasteiger partial charge in [0.05, 0.1) is 0 Å². The minimum atomic E-state index is -0.573. The fourth-order valence-electron chi connectivity index (χ4n) is 3.35.